The molecule has 0 radical (unpaired) electrons. The first-order chi connectivity index (χ1) is 9.81. The second-order valence-electron chi connectivity index (χ2n) is 6.17. The third kappa shape index (κ3) is 5.14. The molecule has 2 aliphatic rings. The lowest BCUT2D eigenvalue weighted by Gasteiger charge is -2.39. The highest BCUT2D eigenvalue weighted by molar-refractivity contribution is 5.85. The van der Waals surface area contributed by atoms with Gasteiger partial charge in [0.15, 0.2) is 0 Å². The van der Waals surface area contributed by atoms with Gasteiger partial charge in [-0.15, -0.1) is 0 Å². The average Bonchev–Trinajstić information content (AvgIpc) is 3.18. The molecule has 0 saturated heterocycles. The molecule has 0 aromatic heterocycles. The van der Waals surface area contributed by atoms with Crippen molar-refractivity contribution in [2.75, 3.05) is 6.61 Å². The van der Waals surface area contributed by atoms with Gasteiger partial charge in [0.25, 0.3) is 0 Å². The maximum absolute atomic E-state index is 12.1. The van der Waals surface area contributed by atoms with Crippen LogP contribution in [0, 0.1) is 0 Å². The highest BCUT2D eigenvalue weighted by Gasteiger charge is 2.44. The molecule has 2 rings (SSSR count). The maximum Gasteiger partial charge on any atom is 0.389 e. The average molecular weight is 308 g/mol. The van der Waals surface area contributed by atoms with Crippen molar-refractivity contribution < 1.29 is 22.7 Å². The van der Waals surface area contributed by atoms with E-state index in [-0.39, 0.29) is 25.0 Å². The van der Waals surface area contributed by atoms with Crippen LogP contribution in [0.5, 0.6) is 0 Å². The van der Waals surface area contributed by atoms with E-state index in [1.54, 1.807) is 0 Å². The number of amides is 1. The topological polar surface area (TPSA) is 64.4 Å². The lowest BCUT2D eigenvalue weighted by molar-refractivity contribution is -0.140. The molecule has 7 heteroatoms. The van der Waals surface area contributed by atoms with Gasteiger partial charge in [-0.3, -0.25) is 4.79 Å². The van der Waals surface area contributed by atoms with Gasteiger partial charge in [-0.25, -0.2) is 0 Å². The Balaban J connectivity index is 1.80. The molecule has 2 unspecified atom stereocenters. The fourth-order valence-corrected chi connectivity index (χ4v) is 2.93. The van der Waals surface area contributed by atoms with E-state index in [9.17, 15) is 18.0 Å². The number of rotatable bonds is 7. The van der Waals surface area contributed by atoms with Crippen LogP contribution in [0.25, 0.3) is 0 Å². The highest BCUT2D eigenvalue weighted by Crippen LogP contribution is 2.34. The molecular weight excluding hydrogens is 285 g/mol. The minimum atomic E-state index is -4.14. The van der Waals surface area contributed by atoms with Crippen LogP contribution < -0.4 is 11.1 Å². The SMILES string of the molecule is NC(=O)C1(NC2CC2)CCCC(OCCCC(F)(F)F)C1. The molecule has 2 aliphatic carbocycles. The summed E-state index contributed by atoms with van der Waals surface area (Å²) in [6, 6.07) is 0.349. The molecule has 2 fully saturated rings. The Morgan fingerprint density at radius 2 is 2.05 bits per heavy atom. The monoisotopic (exact) mass is 308 g/mol. The van der Waals surface area contributed by atoms with Crippen LogP contribution in [0.1, 0.15) is 51.4 Å². The Morgan fingerprint density at radius 1 is 1.33 bits per heavy atom. The van der Waals surface area contributed by atoms with E-state index in [2.05, 4.69) is 5.32 Å². The molecule has 2 saturated carbocycles. The molecule has 0 aliphatic heterocycles. The van der Waals surface area contributed by atoms with E-state index in [0.717, 1.165) is 25.7 Å². The predicted molar refractivity (Wildman–Crippen MR) is 71.6 cm³/mol. The molecular formula is C14H23F3N2O2. The Morgan fingerprint density at radius 3 is 2.62 bits per heavy atom. The first kappa shape index (κ1) is 16.5. The third-order valence-corrected chi connectivity index (χ3v) is 4.19. The molecule has 1 amide bonds. The minimum Gasteiger partial charge on any atom is -0.378 e. The van der Waals surface area contributed by atoms with Gasteiger partial charge in [0.05, 0.1) is 6.10 Å². The van der Waals surface area contributed by atoms with Gasteiger partial charge in [-0.2, -0.15) is 13.2 Å². The number of hydrogen-bond acceptors (Lipinski definition) is 3. The zero-order valence-electron chi connectivity index (χ0n) is 12.0. The molecule has 0 bridgehead atoms. The van der Waals surface area contributed by atoms with E-state index in [1.807, 2.05) is 0 Å². The van der Waals surface area contributed by atoms with Crippen molar-refractivity contribution >= 4 is 5.91 Å². The molecule has 2 atom stereocenters. The van der Waals surface area contributed by atoms with Crippen molar-refractivity contribution in [3.63, 3.8) is 0 Å². The number of nitrogens with two attached hydrogens (primary N) is 1. The van der Waals surface area contributed by atoms with Gasteiger partial charge in [0.2, 0.25) is 5.91 Å². The summed E-state index contributed by atoms with van der Waals surface area (Å²) in [5.74, 6) is -0.377. The zero-order valence-corrected chi connectivity index (χ0v) is 12.0. The Labute approximate surface area is 122 Å². The lowest BCUT2D eigenvalue weighted by Crippen LogP contribution is -2.59. The van der Waals surface area contributed by atoms with Gasteiger partial charge in [-0.05, 0) is 38.5 Å². The fourth-order valence-electron chi connectivity index (χ4n) is 2.93. The Bertz CT molecular complexity index is 372. The Hall–Kier alpha value is -0.820. The number of primary amides is 1. The Kier molecular flexibility index (Phi) is 5.14. The van der Waals surface area contributed by atoms with Crippen molar-refractivity contribution in [2.45, 2.75) is 75.2 Å². The highest BCUT2D eigenvalue weighted by atomic mass is 19.4. The van der Waals surface area contributed by atoms with E-state index in [4.69, 9.17) is 10.5 Å². The maximum atomic E-state index is 12.1. The minimum absolute atomic E-state index is 0.0420. The summed E-state index contributed by atoms with van der Waals surface area (Å²) in [7, 11) is 0. The molecule has 0 aromatic rings. The number of halogens is 3. The van der Waals surface area contributed by atoms with Crippen LogP contribution in [0.4, 0.5) is 13.2 Å². The van der Waals surface area contributed by atoms with Crippen LogP contribution in [-0.4, -0.2) is 36.4 Å². The number of carbonyl (C=O) groups is 1. The summed E-state index contributed by atoms with van der Waals surface area (Å²) in [4.78, 5) is 11.8. The van der Waals surface area contributed by atoms with Gasteiger partial charge in [-0.1, -0.05) is 0 Å². The standard InChI is InChI=1S/C14H23F3N2O2/c15-14(16,17)7-2-8-21-11-3-1-6-13(9-11,12(18)20)19-10-4-5-10/h10-11,19H,1-9H2,(H2,18,20). The molecule has 0 spiro atoms. The number of alkyl halides is 3. The van der Waals surface area contributed by atoms with Gasteiger partial charge in [0, 0.05) is 25.5 Å². The molecule has 21 heavy (non-hydrogen) atoms. The van der Waals surface area contributed by atoms with E-state index < -0.39 is 18.1 Å². The molecule has 3 N–H and O–H groups in total. The largest absolute Gasteiger partial charge is 0.389 e. The number of carbonyl (C=O) groups excluding carboxylic acids is 1. The summed E-state index contributed by atoms with van der Waals surface area (Å²) < 4.78 is 41.8. The van der Waals surface area contributed by atoms with Crippen LogP contribution >= 0.6 is 0 Å². The van der Waals surface area contributed by atoms with Crippen molar-refractivity contribution in [1.29, 1.82) is 0 Å². The van der Waals surface area contributed by atoms with Crippen molar-refractivity contribution in [3.05, 3.63) is 0 Å². The molecule has 0 aromatic carbocycles. The van der Waals surface area contributed by atoms with E-state index >= 15 is 0 Å². The van der Waals surface area contributed by atoms with E-state index in [0.29, 0.717) is 18.9 Å². The summed E-state index contributed by atoms with van der Waals surface area (Å²) in [6.07, 6.45) is -0.392. The zero-order chi connectivity index (χ0) is 15.5. The smallest absolute Gasteiger partial charge is 0.378 e. The van der Waals surface area contributed by atoms with Gasteiger partial charge < -0.3 is 15.8 Å². The van der Waals surface area contributed by atoms with Crippen LogP contribution in [0.2, 0.25) is 0 Å². The normalized spacial score (nSPS) is 30.3. The second-order valence-corrected chi connectivity index (χ2v) is 6.17. The quantitative estimate of drug-likeness (QED) is 0.709. The van der Waals surface area contributed by atoms with Crippen LogP contribution in [-0.2, 0) is 9.53 Å². The fraction of sp³-hybridized carbons (Fsp3) is 0.929. The first-order valence-electron chi connectivity index (χ1n) is 7.57. The first-order valence-corrected chi connectivity index (χ1v) is 7.57. The summed E-state index contributed by atoms with van der Waals surface area (Å²) >= 11 is 0. The lowest BCUT2D eigenvalue weighted by atomic mass is 9.79. The van der Waals surface area contributed by atoms with Crippen molar-refractivity contribution in [1.82, 2.24) is 5.32 Å². The summed E-state index contributed by atoms with van der Waals surface area (Å²) in [5.41, 5.74) is 4.80. The van der Waals surface area contributed by atoms with Crippen molar-refractivity contribution in [2.24, 2.45) is 5.73 Å². The predicted octanol–water partition coefficient (Wildman–Crippen LogP) is 2.26. The number of hydrogen-bond donors (Lipinski definition) is 2. The van der Waals surface area contributed by atoms with Crippen LogP contribution in [0.3, 0.4) is 0 Å². The molecule has 4 nitrogen and oxygen atoms in total. The van der Waals surface area contributed by atoms with Gasteiger partial charge in [0.1, 0.15) is 5.54 Å². The second kappa shape index (κ2) is 6.52. The summed E-state index contributed by atoms with van der Waals surface area (Å²) in [5, 5.41) is 3.32. The van der Waals surface area contributed by atoms with Crippen molar-refractivity contribution in [3.8, 4) is 0 Å². The molecule has 122 valence electrons. The summed E-state index contributed by atoms with van der Waals surface area (Å²) in [6.45, 7) is 0.0719. The number of nitrogens with one attached hydrogen (secondary N) is 1. The number of ether oxygens (including phenoxy) is 1. The third-order valence-electron chi connectivity index (χ3n) is 4.19. The van der Waals surface area contributed by atoms with E-state index in [1.165, 1.54) is 0 Å². The molecule has 0 heterocycles. The van der Waals surface area contributed by atoms with Crippen LogP contribution in [0.15, 0.2) is 0 Å². The van der Waals surface area contributed by atoms with Gasteiger partial charge >= 0.3 is 6.18 Å².